The number of thiophene rings is 1. The maximum Gasteiger partial charge on any atom is 0.272 e. The van der Waals surface area contributed by atoms with Gasteiger partial charge in [-0.15, -0.1) is 23.1 Å². The third-order valence-electron chi connectivity index (χ3n) is 8.17. The van der Waals surface area contributed by atoms with Crippen molar-refractivity contribution in [3.63, 3.8) is 0 Å². The zero-order valence-corrected chi connectivity index (χ0v) is 28.9. The quantitative estimate of drug-likeness (QED) is 0.0942. The van der Waals surface area contributed by atoms with Crippen LogP contribution in [0.2, 0.25) is 0 Å². The number of hydrogen-bond donors (Lipinski definition) is 3. The van der Waals surface area contributed by atoms with Crippen LogP contribution in [0.15, 0.2) is 120 Å². The number of hydrogen-bond acceptors (Lipinski definition) is 7. The molecule has 1 atom stereocenters. The van der Waals surface area contributed by atoms with Gasteiger partial charge in [0.15, 0.2) is 0 Å². The van der Waals surface area contributed by atoms with Gasteiger partial charge >= 0.3 is 0 Å². The predicted octanol–water partition coefficient (Wildman–Crippen LogP) is 8.39. The van der Waals surface area contributed by atoms with Crippen LogP contribution < -0.4 is 20.7 Å². The number of aryl methyl sites for hydroxylation is 1. The summed E-state index contributed by atoms with van der Waals surface area (Å²) in [6, 6.07) is 34.8. The van der Waals surface area contributed by atoms with Gasteiger partial charge in [-0.25, -0.2) is 0 Å². The molecule has 0 saturated carbocycles. The molecular weight excluding hydrogens is 665 g/mol. The third kappa shape index (κ3) is 8.14. The van der Waals surface area contributed by atoms with Gasteiger partial charge in [0, 0.05) is 26.6 Å². The van der Waals surface area contributed by atoms with E-state index in [1.165, 1.54) is 35.1 Å². The van der Waals surface area contributed by atoms with Crippen molar-refractivity contribution in [1.82, 2.24) is 5.32 Å². The van der Waals surface area contributed by atoms with Crippen LogP contribution >= 0.6 is 23.1 Å². The minimum atomic E-state index is -0.640. The van der Waals surface area contributed by atoms with Gasteiger partial charge in [0.25, 0.3) is 11.8 Å². The molecule has 1 aromatic heterocycles. The number of para-hydroxylation sites is 1. The molecule has 50 heavy (non-hydrogen) atoms. The summed E-state index contributed by atoms with van der Waals surface area (Å²) in [5.74, 6) is -0.671. The van der Waals surface area contributed by atoms with Gasteiger partial charge in [-0.3, -0.25) is 14.4 Å². The molecule has 0 saturated heterocycles. The van der Waals surface area contributed by atoms with Crippen molar-refractivity contribution in [1.29, 1.82) is 5.26 Å². The molecule has 0 bridgehead atoms. The highest BCUT2D eigenvalue weighted by atomic mass is 32.2. The van der Waals surface area contributed by atoms with Crippen LogP contribution in [0.1, 0.15) is 55.6 Å². The lowest BCUT2D eigenvalue weighted by Gasteiger charge is -2.18. The molecular formula is C40H34N4O4S2. The molecule has 1 unspecified atom stereocenters. The Morgan fingerprint density at radius 3 is 2.36 bits per heavy atom. The number of fused-ring (bicyclic) bond motifs is 1. The van der Waals surface area contributed by atoms with Gasteiger partial charge in [0.1, 0.15) is 27.8 Å². The maximum atomic E-state index is 13.9. The summed E-state index contributed by atoms with van der Waals surface area (Å²) in [5, 5.41) is 18.7. The Balaban J connectivity index is 1.25. The smallest absolute Gasteiger partial charge is 0.272 e. The molecule has 0 radical (unpaired) electrons. The number of carbonyl (C=O) groups is 3. The van der Waals surface area contributed by atoms with Crippen molar-refractivity contribution in [2.45, 2.75) is 35.8 Å². The first-order valence-corrected chi connectivity index (χ1v) is 17.8. The summed E-state index contributed by atoms with van der Waals surface area (Å²) in [7, 11) is 1.54. The van der Waals surface area contributed by atoms with E-state index in [0.29, 0.717) is 33.1 Å². The summed E-state index contributed by atoms with van der Waals surface area (Å²) < 4.78 is 5.47. The number of thioether (sulfide) groups is 1. The number of carbonyl (C=O) groups excluding carboxylic acids is 3. The number of nitriles is 1. The second-order valence-electron chi connectivity index (χ2n) is 11.5. The van der Waals surface area contributed by atoms with E-state index in [-0.39, 0.29) is 11.6 Å². The second-order valence-corrected chi connectivity index (χ2v) is 13.8. The molecule has 250 valence electrons. The summed E-state index contributed by atoms with van der Waals surface area (Å²) in [4.78, 5) is 42.7. The van der Waals surface area contributed by atoms with Crippen LogP contribution in [0.5, 0.6) is 5.75 Å². The first-order chi connectivity index (χ1) is 24.4. The zero-order chi connectivity index (χ0) is 34.9. The summed E-state index contributed by atoms with van der Waals surface area (Å²) in [6.07, 6.45) is 5.47. The van der Waals surface area contributed by atoms with Crippen molar-refractivity contribution in [2.24, 2.45) is 0 Å². The molecule has 8 nitrogen and oxygen atoms in total. The fourth-order valence-electron chi connectivity index (χ4n) is 5.72. The third-order valence-corrected chi connectivity index (χ3v) is 10.6. The standard InChI is InChI=1S/C40H34N4O4S2/c1-48-34-21-10-8-17-28(34)23-33(43-37(45)27-15-6-3-7-16-27)38(46)42-29-18-12-19-30(24-29)49-36(26-13-4-2-5-14-26)39(47)44-40-32(25-41)31-20-9-11-22-35(31)50-40/h2-8,10,12-19,21,23-24,36H,9,11,20,22H2,1H3,(H,42,46)(H,43,45)(H,44,47)/b33-23+. The van der Waals surface area contributed by atoms with E-state index in [4.69, 9.17) is 4.74 Å². The van der Waals surface area contributed by atoms with Gasteiger partial charge in [0.2, 0.25) is 5.91 Å². The first-order valence-electron chi connectivity index (χ1n) is 16.1. The number of rotatable bonds is 11. The normalized spacial score (nSPS) is 12.9. The number of ether oxygens (including phenoxy) is 1. The van der Waals surface area contributed by atoms with Gasteiger partial charge in [-0.1, -0.05) is 72.8 Å². The average molecular weight is 699 g/mol. The Bertz CT molecular complexity index is 2090. The molecule has 0 aliphatic heterocycles. The van der Waals surface area contributed by atoms with Crippen molar-refractivity contribution < 1.29 is 19.1 Å². The number of anilines is 2. The minimum absolute atomic E-state index is 0.0230. The Hall–Kier alpha value is -5.63. The maximum absolute atomic E-state index is 13.9. The van der Waals surface area contributed by atoms with Crippen LogP contribution in [-0.4, -0.2) is 24.8 Å². The van der Waals surface area contributed by atoms with Gasteiger partial charge in [-0.2, -0.15) is 5.26 Å². The molecule has 1 aliphatic rings. The predicted molar refractivity (Wildman–Crippen MR) is 199 cm³/mol. The summed E-state index contributed by atoms with van der Waals surface area (Å²) in [6.45, 7) is 0. The van der Waals surface area contributed by atoms with E-state index in [0.717, 1.165) is 41.7 Å². The Labute approximate surface area is 299 Å². The molecule has 5 aromatic rings. The van der Waals surface area contributed by atoms with E-state index in [2.05, 4.69) is 22.0 Å². The average Bonchev–Trinajstić information content (AvgIpc) is 3.51. The van der Waals surface area contributed by atoms with E-state index in [1.807, 2.05) is 54.6 Å². The number of nitrogens with zero attached hydrogens (tertiary/aromatic N) is 1. The molecule has 6 rings (SSSR count). The lowest BCUT2D eigenvalue weighted by atomic mass is 9.96. The number of benzene rings is 4. The van der Waals surface area contributed by atoms with Crippen LogP contribution in [-0.2, 0) is 22.4 Å². The van der Waals surface area contributed by atoms with Crippen LogP contribution in [0, 0.1) is 11.3 Å². The largest absolute Gasteiger partial charge is 0.496 e. The van der Waals surface area contributed by atoms with Gasteiger partial charge in [0.05, 0.1) is 12.7 Å². The lowest BCUT2D eigenvalue weighted by molar-refractivity contribution is -0.116. The van der Waals surface area contributed by atoms with Crippen molar-refractivity contribution in [3.8, 4) is 11.8 Å². The molecule has 0 fully saturated rings. The van der Waals surface area contributed by atoms with Crippen molar-refractivity contribution in [2.75, 3.05) is 17.7 Å². The molecule has 10 heteroatoms. The SMILES string of the molecule is COc1ccccc1/C=C(/NC(=O)c1ccccc1)C(=O)Nc1cccc(SC(C(=O)Nc2sc3c(c2C#N)CCCC3)c2ccccc2)c1. The molecule has 3 amide bonds. The highest BCUT2D eigenvalue weighted by Crippen LogP contribution is 2.41. The topological polar surface area (TPSA) is 120 Å². The van der Waals surface area contributed by atoms with Gasteiger partial charge < -0.3 is 20.7 Å². The Morgan fingerprint density at radius 1 is 0.880 bits per heavy atom. The van der Waals surface area contributed by atoms with Crippen LogP contribution in [0.3, 0.4) is 0 Å². The fourth-order valence-corrected chi connectivity index (χ4v) is 8.04. The van der Waals surface area contributed by atoms with Crippen molar-refractivity contribution in [3.05, 3.63) is 148 Å². The fraction of sp³-hybridized carbons (Fsp3) is 0.150. The minimum Gasteiger partial charge on any atom is -0.496 e. The molecule has 1 aliphatic carbocycles. The number of methoxy groups -OCH3 is 1. The first kappa shape index (κ1) is 34.2. The lowest BCUT2D eigenvalue weighted by Crippen LogP contribution is -2.30. The van der Waals surface area contributed by atoms with Crippen LogP contribution in [0.4, 0.5) is 10.7 Å². The highest BCUT2D eigenvalue weighted by Gasteiger charge is 2.27. The number of nitrogens with one attached hydrogen (secondary N) is 3. The Morgan fingerprint density at radius 2 is 1.60 bits per heavy atom. The molecule has 1 heterocycles. The van der Waals surface area contributed by atoms with Crippen molar-refractivity contribution >= 4 is 57.6 Å². The number of amides is 3. The monoisotopic (exact) mass is 698 g/mol. The van der Waals surface area contributed by atoms with E-state index >= 15 is 0 Å². The van der Waals surface area contributed by atoms with E-state index < -0.39 is 17.1 Å². The summed E-state index contributed by atoms with van der Waals surface area (Å²) >= 11 is 2.84. The zero-order valence-electron chi connectivity index (χ0n) is 27.3. The van der Waals surface area contributed by atoms with E-state index in [1.54, 1.807) is 60.7 Å². The van der Waals surface area contributed by atoms with Crippen LogP contribution in [0.25, 0.3) is 6.08 Å². The highest BCUT2D eigenvalue weighted by molar-refractivity contribution is 8.00. The molecule has 0 spiro atoms. The molecule has 4 aromatic carbocycles. The molecule has 3 N–H and O–H groups in total. The summed E-state index contributed by atoms with van der Waals surface area (Å²) in [5.41, 5.74) is 3.94. The van der Waals surface area contributed by atoms with Gasteiger partial charge in [-0.05, 0) is 79.3 Å². The van der Waals surface area contributed by atoms with E-state index in [9.17, 15) is 19.6 Å². The second kappa shape index (κ2) is 16.2. The Kier molecular flexibility index (Phi) is 11.1.